The van der Waals surface area contributed by atoms with E-state index >= 15 is 0 Å². The molecule has 10 heteroatoms. The third-order valence-electron chi connectivity index (χ3n) is 7.46. The van der Waals surface area contributed by atoms with Crippen LogP contribution < -0.4 is 14.2 Å². The van der Waals surface area contributed by atoms with Gasteiger partial charge in [0.15, 0.2) is 23.9 Å². The summed E-state index contributed by atoms with van der Waals surface area (Å²) in [5.41, 5.74) is 4.24. The van der Waals surface area contributed by atoms with Crippen LogP contribution in [0.5, 0.6) is 17.4 Å². The maximum Gasteiger partial charge on any atom is 0.228 e. The molecule has 0 amide bonds. The highest BCUT2D eigenvalue weighted by molar-refractivity contribution is 6.00. The lowest BCUT2D eigenvalue weighted by molar-refractivity contribution is -0.118. The maximum atomic E-state index is 13.6. The number of methoxy groups -OCH3 is 2. The zero-order chi connectivity index (χ0) is 28.7. The first-order chi connectivity index (χ1) is 19.8. The van der Waals surface area contributed by atoms with E-state index in [9.17, 15) is 4.79 Å². The lowest BCUT2D eigenvalue weighted by atomic mass is 9.70. The van der Waals surface area contributed by atoms with E-state index in [-0.39, 0.29) is 17.8 Å². The second-order valence-corrected chi connectivity index (χ2v) is 11.0. The van der Waals surface area contributed by atoms with Crippen molar-refractivity contribution in [2.75, 3.05) is 14.2 Å². The topological polar surface area (TPSA) is 109 Å². The molecule has 1 aliphatic carbocycles. The third kappa shape index (κ3) is 5.01. The Kier molecular flexibility index (Phi) is 6.69. The lowest BCUT2D eigenvalue weighted by Gasteiger charge is -2.37. The first-order valence-corrected chi connectivity index (χ1v) is 13.4. The van der Waals surface area contributed by atoms with Gasteiger partial charge in [0, 0.05) is 24.3 Å². The van der Waals surface area contributed by atoms with Crippen LogP contribution in [0.2, 0.25) is 0 Å². The predicted octanol–water partition coefficient (Wildman–Crippen LogP) is 5.25. The summed E-state index contributed by atoms with van der Waals surface area (Å²) in [6.45, 7) is 6.08. The van der Waals surface area contributed by atoms with E-state index in [2.05, 4.69) is 29.1 Å². The van der Waals surface area contributed by atoms with Crippen molar-refractivity contribution in [3.05, 3.63) is 88.7 Å². The molecule has 41 heavy (non-hydrogen) atoms. The molecule has 1 atom stereocenters. The fraction of sp³-hybridized carbons (Fsp3) is 0.323. The van der Waals surface area contributed by atoms with E-state index in [0.29, 0.717) is 52.8 Å². The van der Waals surface area contributed by atoms with E-state index in [4.69, 9.17) is 24.0 Å². The number of hydrogen-bond acceptors (Lipinski definition) is 9. The highest BCUT2D eigenvalue weighted by atomic mass is 16.6. The molecule has 2 aromatic heterocycles. The summed E-state index contributed by atoms with van der Waals surface area (Å²) < 4.78 is 18.5. The van der Waals surface area contributed by atoms with Gasteiger partial charge in [0.2, 0.25) is 5.88 Å². The standard InChI is InChI=1S/C31H31N5O5/c1-18(19-6-10-21(38-4)11-7-19)35-40-16-25-33-29-28-26(20-8-12-22(39-5)13-9-20)27-23(37)14-31(2,3)15-24(27)41-30(28)32-17-36(29)34-25/h6-13,17,26H,14-16H2,1-5H3/b35-18+/t26-/m0/s1. The smallest absolute Gasteiger partial charge is 0.228 e. The molecule has 0 radical (unpaired) electrons. The minimum Gasteiger partial charge on any atom is -0.497 e. The summed E-state index contributed by atoms with van der Waals surface area (Å²) in [4.78, 5) is 28.6. The zero-order valence-electron chi connectivity index (χ0n) is 23.7. The molecule has 0 unspecified atom stereocenters. The number of Topliss-reactive ketones (excluding diaryl/α,β-unsaturated/α-hetero) is 1. The zero-order valence-corrected chi connectivity index (χ0v) is 23.7. The third-order valence-corrected chi connectivity index (χ3v) is 7.46. The fourth-order valence-corrected chi connectivity index (χ4v) is 5.45. The molecule has 10 nitrogen and oxygen atoms in total. The number of benzene rings is 2. The Labute approximate surface area is 237 Å². The summed E-state index contributed by atoms with van der Waals surface area (Å²) >= 11 is 0. The number of ether oxygens (including phenoxy) is 3. The van der Waals surface area contributed by atoms with Crippen molar-refractivity contribution < 1.29 is 23.8 Å². The van der Waals surface area contributed by atoms with Gasteiger partial charge >= 0.3 is 0 Å². The van der Waals surface area contributed by atoms with Crippen LogP contribution in [0.3, 0.4) is 0 Å². The molecule has 2 aliphatic rings. The number of oxime groups is 1. The van der Waals surface area contributed by atoms with E-state index in [0.717, 1.165) is 22.6 Å². The average Bonchev–Trinajstić information content (AvgIpc) is 3.38. The van der Waals surface area contributed by atoms with Crippen LogP contribution in [-0.4, -0.2) is 45.3 Å². The van der Waals surface area contributed by atoms with Crippen LogP contribution in [0.4, 0.5) is 0 Å². The summed E-state index contributed by atoms with van der Waals surface area (Å²) in [7, 11) is 3.25. The summed E-state index contributed by atoms with van der Waals surface area (Å²) in [5.74, 6) is 2.68. The van der Waals surface area contributed by atoms with Gasteiger partial charge in [0.1, 0.15) is 23.6 Å². The normalized spacial score (nSPS) is 18.0. The second kappa shape index (κ2) is 10.3. The SMILES string of the molecule is COc1ccc(/C(C)=N/OCc2nc3c4c(ncn3n2)OC2=C(C(=O)CC(C)(C)C2)[C@@H]4c2ccc(OC)cc2)cc1. The number of rotatable bonds is 7. The molecular weight excluding hydrogens is 522 g/mol. The monoisotopic (exact) mass is 553 g/mol. The minimum atomic E-state index is -0.409. The Morgan fingerprint density at radius 1 is 1.05 bits per heavy atom. The molecule has 3 heterocycles. The Hall–Kier alpha value is -4.73. The van der Waals surface area contributed by atoms with Gasteiger partial charge in [0.05, 0.1) is 25.5 Å². The Bertz CT molecular complexity index is 1690. The van der Waals surface area contributed by atoms with Crippen LogP contribution in [0.1, 0.15) is 62.0 Å². The number of aromatic nitrogens is 4. The number of hydrogen-bond donors (Lipinski definition) is 0. The highest BCUT2D eigenvalue weighted by Crippen LogP contribution is 2.50. The van der Waals surface area contributed by atoms with E-state index in [1.165, 1.54) is 0 Å². The Balaban J connectivity index is 1.36. The second-order valence-electron chi connectivity index (χ2n) is 11.0. The van der Waals surface area contributed by atoms with E-state index in [1.54, 1.807) is 25.1 Å². The molecule has 210 valence electrons. The summed E-state index contributed by atoms with van der Waals surface area (Å²) in [6.07, 6.45) is 2.65. The fourth-order valence-electron chi connectivity index (χ4n) is 5.45. The minimum absolute atomic E-state index is 0.0546. The van der Waals surface area contributed by atoms with Gasteiger partial charge in [-0.25, -0.2) is 14.5 Å². The van der Waals surface area contributed by atoms with Gasteiger partial charge < -0.3 is 19.0 Å². The molecule has 0 N–H and O–H groups in total. The van der Waals surface area contributed by atoms with Crippen molar-refractivity contribution in [1.82, 2.24) is 19.6 Å². The van der Waals surface area contributed by atoms with E-state index < -0.39 is 5.92 Å². The highest BCUT2D eigenvalue weighted by Gasteiger charge is 2.44. The molecular formula is C31H31N5O5. The molecule has 0 fully saturated rings. The Morgan fingerprint density at radius 2 is 1.73 bits per heavy atom. The van der Waals surface area contributed by atoms with Crippen LogP contribution in [0.15, 0.2) is 71.3 Å². The lowest BCUT2D eigenvalue weighted by Crippen LogP contribution is -2.33. The van der Waals surface area contributed by atoms with Crippen molar-refractivity contribution in [3.63, 3.8) is 0 Å². The number of allylic oxidation sites excluding steroid dienone is 2. The molecule has 0 saturated carbocycles. The quantitative estimate of drug-likeness (QED) is 0.226. The molecule has 2 aromatic carbocycles. The van der Waals surface area contributed by atoms with Gasteiger partial charge in [-0.1, -0.05) is 31.1 Å². The first-order valence-electron chi connectivity index (χ1n) is 13.4. The van der Waals surface area contributed by atoms with Crippen molar-refractivity contribution in [2.45, 2.75) is 46.1 Å². The predicted molar refractivity (Wildman–Crippen MR) is 151 cm³/mol. The number of carbonyl (C=O) groups excluding carboxylic acids is 1. The molecule has 0 saturated heterocycles. The molecule has 4 aromatic rings. The van der Waals surface area contributed by atoms with Gasteiger partial charge in [-0.2, -0.15) is 0 Å². The van der Waals surface area contributed by atoms with Crippen molar-refractivity contribution in [2.24, 2.45) is 10.6 Å². The maximum absolute atomic E-state index is 13.6. The molecule has 6 rings (SSSR count). The van der Waals surface area contributed by atoms with Crippen LogP contribution >= 0.6 is 0 Å². The number of carbonyl (C=O) groups is 1. The molecule has 1 aliphatic heterocycles. The molecule has 0 spiro atoms. The van der Waals surface area contributed by atoms with Crippen LogP contribution in [0.25, 0.3) is 5.65 Å². The Morgan fingerprint density at radius 3 is 2.41 bits per heavy atom. The van der Waals surface area contributed by atoms with Gasteiger partial charge in [-0.15, -0.1) is 5.10 Å². The van der Waals surface area contributed by atoms with Gasteiger partial charge in [0.25, 0.3) is 0 Å². The number of nitrogens with zero attached hydrogens (tertiary/aromatic N) is 5. The number of ketones is 1. The number of fused-ring (bicyclic) bond motifs is 3. The van der Waals surface area contributed by atoms with Crippen molar-refractivity contribution >= 4 is 17.1 Å². The summed E-state index contributed by atoms with van der Waals surface area (Å²) in [6, 6.07) is 15.3. The van der Waals surface area contributed by atoms with Crippen molar-refractivity contribution in [3.8, 4) is 17.4 Å². The van der Waals surface area contributed by atoms with Gasteiger partial charge in [-0.05, 0) is 59.9 Å². The first kappa shape index (κ1) is 26.5. The summed E-state index contributed by atoms with van der Waals surface area (Å²) in [5, 5.41) is 8.81. The van der Waals surface area contributed by atoms with Crippen LogP contribution in [0, 0.1) is 5.41 Å². The van der Waals surface area contributed by atoms with Gasteiger partial charge in [-0.3, -0.25) is 4.79 Å². The van der Waals surface area contributed by atoms with Crippen molar-refractivity contribution in [1.29, 1.82) is 0 Å². The molecule has 0 bridgehead atoms. The average molecular weight is 554 g/mol. The van der Waals surface area contributed by atoms with Crippen LogP contribution in [-0.2, 0) is 16.2 Å². The largest absolute Gasteiger partial charge is 0.497 e. The van der Waals surface area contributed by atoms with E-state index in [1.807, 2.05) is 55.5 Å².